The van der Waals surface area contributed by atoms with Gasteiger partial charge >= 0.3 is 12.0 Å². The maximum absolute atomic E-state index is 12.4. The van der Waals surface area contributed by atoms with Crippen molar-refractivity contribution in [2.45, 2.75) is 6.10 Å². The second-order valence-electron chi connectivity index (χ2n) is 5.21. The minimum atomic E-state index is -1.32. The van der Waals surface area contributed by atoms with Crippen molar-refractivity contribution in [1.82, 2.24) is 10.6 Å². The maximum Gasteiger partial charge on any atom is 0.339 e. The van der Waals surface area contributed by atoms with Crippen LogP contribution in [0, 0.1) is 0 Å². The highest BCUT2D eigenvalue weighted by atomic mass is 16.5. The molecule has 2 aromatic carbocycles. The molecular formula is C18H17N3O5. The molecular weight excluding hydrogens is 338 g/mol. The summed E-state index contributed by atoms with van der Waals surface area (Å²) in [5.41, 5.74) is 5.91. The number of hydrogen-bond acceptors (Lipinski definition) is 5. The molecule has 0 aromatic heterocycles. The fourth-order valence-corrected chi connectivity index (χ4v) is 2.09. The summed E-state index contributed by atoms with van der Waals surface area (Å²) in [5.74, 6) is -2.21. The molecule has 4 N–H and O–H groups in total. The molecule has 0 bridgehead atoms. The molecule has 0 spiro atoms. The molecule has 8 heteroatoms. The van der Waals surface area contributed by atoms with E-state index in [-0.39, 0.29) is 11.1 Å². The van der Waals surface area contributed by atoms with Gasteiger partial charge in [-0.2, -0.15) is 0 Å². The van der Waals surface area contributed by atoms with Crippen molar-refractivity contribution >= 4 is 23.8 Å². The normalized spacial score (nSPS) is 11.1. The van der Waals surface area contributed by atoms with Crippen molar-refractivity contribution in [3.8, 4) is 0 Å². The average Bonchev–Trinajstić information content (AvgIpc) is 2.66. The smallest absolute Gasteiger partial charge is 0.339 e. The standard InChI is InChI=1S/C18H17N3O5/c1-20-18(25)21-16(23)14(11-5-3-2-4-6-11)26-17(24)13-9-7-12(8-10-13)15(19)22/h2-10,14H,1H3,(H2,19,22)(H2,20,21,23,25)/t14-/m0/s1. The number of amides is 4. The third-order valence-electron chi connectivity index (χ3n) is 3.43. The van der Waals surface area contributed by atoms with Crippen molar-refractivity contribution in [3.63, 3.8) is 0 Å². The van der Waals surface area contributed by atoms with Crippen molar-refractivity contribution in [2.75, 3.05) is 7.05 Å². The van der Waals surface area contributed by atoms with Gasteiger partial charge in [-0.3, -0.25) is 14.9 Å². The lowest BCUT2D eigenvalue weighted by atomic mass is 10.1. The van der Waals surface area contributed by atoms with Crippen molar-refractivity contribution < 1.29 is 23.9 Å². The molecule has 0 radical (unpaired) electrons. The van der Waals surface area contributed by atoms with Crippen molar-refractivity contribution in [2.24, 2.45) is 5.73 Å². The average molecular weight is 355 g/mol. The monoisotopic (exact) mass is 355 g/mol. The molecule has 2 aromatic rings. The minimum absolute atomic E-state index is 0.128. The van der Waals surface area contributed by atoms with Gasteiger partial charge in [0, 0.05) is 18.2 Å². The maximum atomic E-state index is 12.4. The molecule has 8 nitrogen and oxygen atoms in total. The number of hydrogen-bond donors (Lipinski definition) is 3. The van der Waals surface area contributed by atoms with Gasteiger partial charge in [0.1, 0.15) is 0 Å². The number of urea groups is 1. The zero-order chi connectivity index (χ0) is 19.1. The van der Waals surface area contributed by atoms with Gasteiger partial charge in [0.25, 0.3) is 5.91 Å². The summed E-state index contributed by atoms with van der Waals surface area (Å²) < 4.78 is 5.28. The zero-order valence-electron chi connectivity index (χ0n) is 13.9. The van der Waals surface area contributed by atoms with Gasteiger partial charge in [0.2, 0.25) is 12.0 Å². The fourth-order valence-electron chi connectivity index (χ4n) is 2.09. The molecule has 0 saturated heterocycles. The van der Waals surface area contributed by atoms with Gasteiger partial charge in [0.15, 0.2) is 0 Å². The van der Waals surface area contributed by atoms with E-state index in [1.165, 1.54) is 31.3 Å². The van der Waals surface area contributed by atoms with Crippen LogP contribution in [0.4, 0.5) is 4.79 Å². The van der Waals surface area contributed by atoms with Crippen LogP contribution in [-0.2, 0) is 9.53 Å². The highest BCUT2D eigenvalue weighted by Gasteiger charge is 2.26. The Balaban J connectivity index is 2.22. The minimum Gasteiger partial charge on any atom is -0.444 e. The van der Waals surface area contributed by atoms with Crippen LogP contribution in [-0.4, -0.2) is 30.9 Å². The van der Waals surface area contributed by atoms with Crippen LogP contribution in [0.1, 0.15) is 32.4 Å². The summed E-state index contributed by atoms with van der Waals surface area (Å²) in [5, 5.41) is 4.33. The number of imide groups is 1. The number of carbonyl (C=O) groups excluding carboxylic acids is 4. The van der Waals surface area contributed by atoms with Crippen LogP contribution in [0.5, 0.6) is 0 Å². The molecule has 0 aliphatic carbocycles. The molecule has 0 fully saturated rings. The number of primary amides is 1. The largest absolute Gasteiger partial charge is 0.444 e. The van der Waals surface area contributed by atoms with E-state index in [2.05, 4.69) is 10.6 Å². The first-order valence-electron chi connectivity index (χ1n) is 7.60. The first kappa shape index (κ1) is 18.7. The molecule has 4 amide bonds. The lowest BCUT2D eigenvalue weighted by Gasteiger charge is -2.17. The quantitative estimate of drug-likeness (QED) is 0.693. The molecule has 0 saturated carbocycles. The third-order valence-corrected chi connectivity index (χ3v) is 3.43. The molecule has 26 heavy (non-hydrogen) atoms. The number of nitrogens with two attached hydrogens (primary N) is 1. The summed E-state index contributed by atoms with van der Waals surface area (Å²) in [6.45, 7) is 0. The Hall–Kier alpha value is -3.68. The number of benzene rings is 2. The summed E-state index contributed by atoms with van der Waals surface area (Å²) >= 11 is 0. The molecule has 1 atom stereocenters. The van der Waals surface area contributed by atoms with E-state index in [1.54, 1.807) is 30.3 Å². The molecule has 0 unspecified atom stereocenters. The van der Waals surface area contributed by atoms with Crippen LogP contribution >= 0.6 is 0 Å². The van der Waals surface area contributed by atoms with Crippen molar-refractivity contribution in [1.29, 1.82) is 0 Å². The number of nitrogens with one attached hydrogen (secondary N) is 2. The number of rotatable bonds is 5. The predicted octanol–water partition coefficient (Wildman–Crippen LogP) is 1.14. The Bertz CT molecular complexity index is 818. The van der Waals surface area contributed by atoms with Crippen LogP contribution < -0.4 is 16.4 Å². The highest BCUT2D eigenvalue weighted by Crippen LogP contribution is 2.20. The predicted molar refractivity (Wildman–Crippen MR) is 92.2 cm³/mol. The van der Waals surface area contributed by atoms with Gasteiger partial charge < -0.3 is 15.8 Å². The summed E-state index contributed by atoms with van der Waals surface area (Å²) in [4.78, 5) is 47.1. The first-order valence-corrected chi connectivity index (χ1v) is 7.60. The second kappa shape index (κ2) is 8.43. The van der Waals surface area contributed by atoms with E-state index >= 15 is 0 Å². The number of esters is 1. The first-order chi connectivity index (χ1) is 12.4. The van der Waals surface area contributed by atoms with Crippen LogP contribution in [0.25, 0.3) is 0 Å². The van der Waals surface area contributed by atoms with Crippen LogP contribution in [0.15, 0.2) is 54.6 Å². The Morgan fingerprint density at radius 2 is 1.50 bits per heavy atom. The zero-order valence-corrected chi connectivity index (χ0v) is 13.9. The van der Waals surface area contributed by atoms with E-state index in [1.807, 2.05) is 0 Å². The number of carbonyl (C=O) groups is 4. The molecule has 0 aliphatic heterocycles. The molecule has 134 valence electrons. The Labute approximate surface area is 149 Å². The summed E-state index contributed by atoms with van der Waals surface area (Å²) in [6.07, 6.45) is -1.32. The Morgan fingerprint density at radius 3 is 2.04 bits per heavy atom. The molecule has 0 heterocycles. The number of ether oxygens (including phenoxy) is 1. The van der Waals surface area contributed by atoms with E-state index < -0.39 is 29.9 Å². The summed E-state index contributed by atoms with van der Waals surface area (Å²) in [6, 6.07) is 13.0. The van der Waals surface area contributed by atoms with E-state index in [0.29, 0.717) is 5.56 Å². The van der Waals surface area contributed by atoms with E-state index in [9.17, 15) is 19.2 Å². The molecule has 2 rings (SSSR count). The van der Waals surface area contributed by atoms with Crippen molar-refractivity contribution in [3.05, 3.63) is 71.3 Å². The fraction of sp³-hybridized carbons (Fsp3) is 0.111. The van der Waals surface area contributed by atoms with E-state index in [0.717, 1.165) is 0 Å². The SMILES string of the molecule is CNC(=O)NC(=O)[C@@H](OC(=O)c1ccc(C(N)=O)cc1)c1ccccc1. The topological polar surface area (TPSA) is 128 Å². The second-order valence-corrected chi connectivity index (χ2v) is 5.21. The lowest BCUT2D eigenvalue weighted by Crippen LogP contribution is -2.41. The van der Waals surface area contributed by atoms with Gasteiger partial charge in [-0.1, -0.05) is 30.3 Å². The molecule has 0 aliphatic rings. The van der Waals surface area contributed by atoms with Gasteiger partial charge in [0.05, 0.1) is 5.56 Å². The van der Waals surface area contributed by atoms with Crippen LogP contribution in [0.2, 0.25) is 0 Å². The Morgan fingerprint density at radius 1 is 0.923 bits per heavy atom. The van der Waals surface area contributed by atoms with Gasteiger partial charge in [-0.25, -0.2) is 9.59 Å². The van der Waals surface area contributed by atoms with Crippen LogP contribution in [0.3, 0.4) is 0 Å². The third kappa shape index (κ3) is 4.67. The van der Waals surface area contributed by atoms with Gasteiger partial charge in [-0.05, 0) is 24.3 Å². The van der Waals surface area contributed by atoms with E-state index in [4.69, 9.17) is 10.5 Å². The Kier molecular flexibility index (Phi) is 6.05. The summed E-state index contributed by atoms with van der Waals surface area (Å²) in [7, 11) is 1.35. The lowest BCUT2D eigenvalue weighted by molar-refractivity contribution is -0.129. The highest BCUT2D eigenvalue weighted by molar-refractivity contribution is 5.99. The van der Waals surface area contributed by atoms with Gasteiger partial charge in [-0.15, -0.1) is 0 Å².